The first-order valence-electron chi connectivity index (χ1n) is 7.80. The zero-order valence-corrected chi connectivity index (χ0v) is 13.9. The third-order valence-electron chi connectivity index (χ3n) is 3.80. The van der Waals surface area contributed by atoms with E-state index in [4.69, 9.17) is 9.47 Å². The van der Waals surface area contributed by atoms with Crippen LogP contribution in [-0.2, 0) is 11.3 Å². The second-order valence-electron chi connectivity index (χ2n) is 5.34. The van der Waals surface area contributed by atoms with Crippen molar-refractivity contribution in [1.29, 1.82) is 0 Å². The third kappa shape index (κ3) is 3.50. The number of benzene rings is 2. The van der Waals surface area contributed by atoms with Gasteiger partial charge in [0.05, 0.1) is 18.2 Å². The topological polar surface area (TPSA) is 83.3 Å². The van der Waals surface area contributed by atoms with Crippen LogP contribution in [0.25, 0.3) is 11.0 Å². The molecule has 0 saturated heterocycles. The molecule has 0 N–H and O–H groups in total. The van der Waals surface area contributed by atoms with Gasteiger partial charge in [0.25, 0.3) is 0 Å². The Hall–Kier alpha value is -3.22. The Morgan fingerprint density at radius 3 is 2.48 bits per heavy atom. The standard InChI is InChI=1S/C18H17N3O4/c1-3-21-16-9-6-13(10-15(16)19-20-21)18(23)25-11-17(22)12-4-7-14(24-2)8-5-12/h4-10H,3,11H2,1-2H3. The lowest BCUT2D eigenvalue weighted by atomic mass is 10.1. The van der Waals surface area contributed by atoms with Crippen molar-refractivity contribution in [1.82, 2.24) is 15.0 Å². The first kappa shape index (κ1) is 16.6. The van der Waals surface area contributed by atoms with Crippen LogP contribution in [0.2, 0.25) is 0 Å². The minimum Gasteiger partial charge on any atom is -0.497 e. The van der Waals surface area contributed by atoms with Crippen LogP contribution in [0.4, 0.5) is 0 Å². The normalized spacial score (nSPS) is 10.6. The van der Waals surface area contributed by atoms with Gasteiger partial charge in [0.2, 0.25) is 0 Å². The quantitative estimate of drug-likeness (QED) is 0.507. The lowest BCUT2D eigenvalue weighted by Gasteiger charge is -2.05. The van der Waals surface area contributed by atoms with Crippen molar-refractivity contribution < 1.29 is 19.1 Å². The van der Waals surface area contributed by atoms with E-state index in [0.29, 0.717) is 28.9 Å². The van der Waals surface area contributed by atoms with Crippen LogP contribution in [0.1, 0.15) is 27.6 Å². The highest BCUT2D eigenvalue weighted by atomic mass is 16.5. The smallest absolute Gasteiger partial charge is 0.338 e. The highest BCUT2D eigenvalue weighted by Crippen LogP contribution is 2.15. The molecule has 0 amide bonds. The van der Waals surface area contributed by atoms with Gasteiger partial charge in [-0.1, -0.05) is 5.21 Å². The van der Waals surface area contributed by atoms with Crippen molar-refractivity contribution in [3.63, 3.8) is 0 Å². The SMILES string of the molecule is CCn1nnc2cc(C(=O)OCC(=O)c3ccc(OC)cc3)ccc21. The summed E-state index contributed by atoms with van der Waals surface area (Å²) in [5.41, 5.74) is 2.24. The van der Waals surface area contributed by atoms with Gasteiger partial charge in [0, 0.05) is 12.1 Å². The van der Waals surface area contributed by atoms with Crippen LogP contribution in [-0.4, -0.2) is 40.5 Å². The van der Waals surface area contributed by atoms with Gasteiger partial charge in [-0.2, -0.15) is 0 Å². The summed E-state index contributed by atoms with van der Waals surface area (Å²) < 4.78 is 11.9. The number of carbonyl (C=O) groups is 2. The number of Topliss-reactive ketones (excluding diaryl/α,β-unsaturated/α-hetero) is 1. The van der Waals surface area contributed by atoms with Crippen molar-refractivity contribution in [3.05, 3.63) is 53.6 Å². The Morgan fingerprint density at radius 2 is 1.80 bits per heavy atom. The fraction of sp³-hybridized carbons (Fsp3) is 0.222. The molecule has 0 unspecified atom stereocenters. The molecule has 3 aromatic rings. The number of ketones is 1. The lowest BCUT2D eigenvalue weighted by Crippen LogP contribution is -2.14. The molecular weight excluding hydrogens is 322 g/mol. The van der Waals surface area contributed by atoms with Crippen molar-refractivity contribution in [2.45, 2.75) is 13.5 Å². The maximum Gasteiger partial charge on any atom is 0.338 e. The summed E-state index contributed by atoms with van der Waals surface area (Å²) in [5.74, 6) is -0.203. The lowest BCUT2D eigenvalue weighted by molar-refractivity contribution is 0.0475. The molecule has 0 radical (unpaired) electrons. The highest BCUT2D eigenvalue weighted by molar-refractivity contribution is 6.00. The van der Waals surface area contributed by atoms with E-state index in [9.17, 15) is 9.59 Å². The maximum absolute atomic E-state index is 12.2. The van der Waals surface area contributed by atoms with Gasteiger partial charge in [-0.05, 0) is 49.4 Å². The minimum atomic E-state index is -0.574. The number of fused-ring (bicyclic) bond motifs is 1. The van der Waals surface area contributed by atoms with E-state index in [0.717, 1.165) is 5.52 Å². The molecular formula is C18H17N3O4. The van der Waals surface area contributed by atoms with Crippen LogP contribution in [0.3, 0.4) is 0 Å². The van der Waals surface area contributed by atoms with Gasteiger partial charge in [-0.3, -0.25) is 4.79 Å². The highest BCUT2D eigenvalue weighted by Gasteiger charge is 2.14. The summed E-state index contributed by atoms with van der Waals surface area (Å²) in [4.78, 5) is 24.2. The molecule has 0 aliphatic carbocycles. The Kier molecular flexibility index (Phi) is 4.74. The van der Waals surface area contributed by atoms with E-state index < -0.39 is 5.97 Å². The average Bonchev–Trinajstić information content (AvgIpc) is 3.08. The van der Waals surface area contributed by atoms with E-state index in [2.05, 4.69) is 10.3 Å². The van der Waals surface area contributed by atoms with Gasteiger partial charge in [-0.25, -0.2) is 9.48 Å². The molecule has 128 valence electrons. The van der Waals surface area contributed by atoms with Crippen LogP contribution < -0.4 is 4.74 Å². The van der Waals surface area contributed by atoms with Gasteiger partial charge in [0.15, 0.2) is 12.4 Å². The zero-order chi connectivity index (χ0) is 17.8. The van der Waals surface area contributed by atoms with Gasteiger partial charge < -0.3 is 9.47 Å². The zero-order valence-electron chi connectivity index (χ0n) is 13.9. The molecule has 25 heavy (non-hydrogen) atoms. The molecule has 0 saturated carbocycles. The largest absolute Gasteiger partial charge is 0.497 e. The number of hydrogen-bond acceptors (Lipinski definition) is 6. The number of carbonyl (C=O) groups excluding carboxylic acids is 2. The van der Waals surface area contributed by atoms with Gasteiger partial charge in [0.1, 0.15) is 11.3 Å². The van der Waals surface area contributed by atoms with E-state index in [1.165, 1.54) is 0 Å². The van der Waals surface area contributed by atoms with E-state index in [1.54, 1.807) is 54.3 Å². The molecule has 0 aliphatic rings. The fourth-order valence-electron chi connectivity index (χ4n) is 2.41. The second kappa shape index (κ2) is 7.12. The van der Waals surface area contributed by atoms with Crippen LogP contribution in [0, 0.1) is 0 Å². The van der Waals surface area contributed by atoms with Crippen molar-refractivity contribution >= 4 is 22.8 Å². The molecule has 0 spiro atoms. The van der Waals surface area contributed by atoms with Crippen molar-refractivity contribution in [3.8, 4) is 5.75 Å². The molecule has 7 nitrogen and oxygen atoms in total. The third-order valence-corrected chi connectivity index (χ3v) is 3.80. The number of hydrogen-bond donors (Lipinski definition) is 0. The summed E-state index contributed by atoms with van der Waals surface area (Å²) in [7, 11) is 1.55. The number of nitrogens with zero attached hydrogens (tertiary/aromatic N) is 3. The predicted octanol–water partition coefficient (Wildman–Crippen LogP) is 2.50. The fourth-order valence-corrected chi connectivity index (χ4v) is 2.41. The summed E-state index contributed by atoms with van der Waals surface area (Å²) >= 11 is 0. The number of esters is 1. The Labute approximate surface area is 144 Å². The first-order chi connectivity index (χ1) is 12.1. The molecule has 0 atom stereocenters. The number of aryl methyl sites for hydroxylation is 1. The number of ether oxygens (including phenoxy) is 2. The van der Waals surface area contributed by atoms with Gasteiger partial charge in [-0.15, -0.1) is 5.10 Å². The van der Waals surface area contributed by atoms with E-state index >= 15 is 0 Å². The van der Waals surface area contributed by atoms with Crippen LogP contribution in [0.15, 0.2) is 42.5 Å². The predicted molar refractivity (Wildman–Crippen MR) is 90.8 cm³/mol. The Balaban J connectivity index is 1.66. The van der Waals surface area contributed by atoms with Gasteiger partial charge >= 0.3 is 5.97 Å². The number of aromatic nitrogens is 3. The number of rotatable bonds is 6. The molecule has 0 aliphatic heterocycles. The molecule has 0 fully saturated rings. The molecule has 0 bridgehead atoms. The first-order valence-corrected chi connectivity index (χ1v) is 7.80. The van der Waals surface area contributed by atoms with Crippen molar-refractivity contribution in [2.24, 2.45) is 0 Å². The second-order valence-corrected chi connectivity index (χ2v) is 5.34. The molecule has 3 rings (SSSR count). The monoisotopic (exact) mass is 339 g/mol. The van der Waals surface area contributed by atoms with E-state index in [-0.39, 0.29) is 12.4 Å². The van der Waals surface area contributed by atoms with Crippen LogP contribution in [0.5, 0.6) is 5.75 Å². The van der Waals surface area contributed by atoms with Crippen molar-refractivity contribution in [2.75, 3.05) is 13.7 Å². The minimum absolute atomic E-state index is 0.283. The average molecular weight is 339 g/mol. The molecule has 7 heteroatoms. The summed E-state index contributed by atoms with van der Waals surface area (Å²) in [6, 6.07) is 11.6. The Bertz CT molecular complexity index is 916. The summed E-state index contributed by atoms with van der Waals surface area (Å²) in [5, 5.41) is 8.01. The molecule has 1 aromatic heterocycles. The summed E-state index contributed by atoms with van der Waals surface area (Å²) in [6.45, 7) is 2.32. The van der Waals surface area contributed by atoms with E-state index in [1.807, 2.05) is 6.92 Å². The summed E-state index contributed by atoms with van der Waals surface area (Å²) in [6.07, 6.45) is 0. The molecule has 2 aromatic carbocycles. The number of methoxy groups -OCH3 is 1. The molecule has 1 heterocycles. The maximum atomic E-state index is 12.2. The van der Waals surface area contributed by atoms with Crippen LogP contribution >= 0.6 is 0 Å². The Morgan fingerprint density at radius 1 is 1.08 bits per heavy atom.